The second-order valence-corrected chi connectivity index (χ2v) is 6.26. The van der Waals surface area contributed by atoms with Crippen LogP contribution in [0.15, 0.2) is 18.2 Å². The number of piperidine rings is 1. The molecule has 2 rings (SSSR count). The number of halogens is 2. The molecule has 0 unspecified atom stereocenters. The lowest BCUT2D eigenvalue weighted by Crippen LogP contribution is -2.37. The van der Waals surface area contributed by atoms with E-state index in [1.807, 2.05) is 18.2 Å². The zero-order valence-corrected chi connectivity index (χ0v) is 12.0. The summed E-state index contributed by atoms with van der Waals surface area (Å²) in [7, 11) is 0. The molecule has 1 fully saturated rings. The van der Waals surface area contributed by atoms with Crippen LogP contribution < -0.4 is 4.90 Å². The summed E-state index contributed by atoms with van der Waals surface area (Å²) in [4.78, 5) is 2.41. The zero-order chi connectivity index (χ0) is 12.5. The fourth-order valence-corrected chi connectivity index (χ4v) is 2.69. The average Bonchev–Trinajstić information content (AvgIpc) is 2.29. The standard InChI is InChI=1S/C14H19Cl2N/c1-14(2)5-7-17(8-6-14)13-9-12(16)4-3-11(13)10-15/h3-4,9H,5-8,10H2,1-2H3. The van der Waals surface area contributed by atoms with Crippen molar-refractivity contribution >= 4 is 28.9 Å². The van der Waals surface area contributed by atoms with Crippen molar-refractivity contribution in [3.8, 4) is 0 Å². The molecule has 1 nitrogen and oxygen atoms in total. The van der Waals surface area contributed by atoms with Gasteiger partial charge in [0.05, 0.1) is 0 Å². The van der Waals surface area contributed by atoms with Crippen molar-refractivity contribution in [1.29, 1.82) is 0 Å². The molecular weight excluding hydrogens is 253 g/mol. The number of anilines is 1. The van der Waals surface area contributed by atoms with Gasteiger partial charge in [-0.05, 0) is 36.0 Å². The van der Waals surface area contributed by atoms with Crippen molar-refractivity contribution < 1.29 is 0 Å². The van der Waals surface area contributed by atoms with Crippen LogP contribution in [0.1, 0.15) is 32.3 Å². The summed E-state index contributed by atoms with van der Waals surface area (Å²) >= 11 is 12.1. The van der Waals surface area contributed by atoms with Crippen LogP contribution in [0.4, 0.5) is 5.69 Å². The Balaban J connectivity index is 2.20. The number of hydrogen-bond donors (Lipinski definition) is 0. The van der Waals surface area contributed by atoms with Gasteiger partial charge in [-0.15, -0.1) is 11.6 Å². The second-order valence-electron chi connectivity index (χ2n) is 5.56. The van der Waals surface area contributed by atoms with E-state index in [1.165, 1.54) is 24.1 Å². The van der Waals surface area contributed by atoms with Crippen molar-refractivity contribution in [3.63, 3.8) is 0 Å². The SMILES string of the molecule is CC1(C)CCN(c2cc(Cl)ccc2CCl)CC1. The third kappa shape index (κ3) is 3.08. The molecule has 94 valence electrons. The molecular formula is C14H19Cl2N. The lowest BCUT2D eigenvalue weighted by Gasteiger charge is -2.39. The van der Waals surface area contributed by atoms with E-state index >= 15 is 0 Å². The van der Waals surface area contributed by atoms with Gasteiger partial charge in [-0.25, -0.2) is 0 Å². The Labute approximate surface area is 114 Å². The van der Waals surface area contributed by atoms with E-state index in [9.17, 15) is 0 Å². The van der Waals surface area contributed by atoms with E-state index in [4.69, 9.17) is 23.2 Å². The molecule has 0 N–H and O–H groups in total. The first-order valence-electron chi connectivity index (χ1n) is 6.11. The summed E-state index contributed by atoms with van der Waals surface area (Å²) < 4.78 is 0. The van der Waals surface area contributed by atoms with E-state index in [0.717, 1.165) is 18.1 Å². The minimum atomic E-state index is 0.468. The fraction of sp³-hybridized carbons (Fsp3) is 0.571. The molecule has 0 atom stereocenters. The van der Waals surface area contributed by atoms with Gasteiger partial charge in [0.1, 0.15) is 0 Å². The first-order chi connectivity index (χ1) is 8.02. The Hall–Kier alpha value is -0.400. The Morgan fingerprint density at radius 3 is 2.47 bits per heavy atom. The van der Waals surface area contributed by atoms with Crippen LogP contribution in [-0.4, -0.2) is 13.1 Å². The Kier molecular flexibility index (Phi) is 3.89. The molecule has 0 spiro atoms. The summed E-state index contributed by atoms with van der Waals surface area (Å²) in [6.45, 7) is 6.87. The van der Waals surface area contributed by atoms with Gasteiger partial charge in [0.15, 0.2) is 0 Å². The van der Waals surface area contributed by atoms with E-state index < -0.39 is 0 Å². The van der Waals surface area contributed by atoms with Gasteiger partial charge in [-0.1, -0.05) is 31.5 Å². The van der Waals surface area contributed by atoms with Gasteiger partial charge >= 0.3 is 0 Å². The van der Waals surface area contributed by atoms with Crippen LogP contribution in [0.2, 0.25) is 5.02 Å². The minimum absolute atomic E-state index is 0.468. The van der Waals surface area contributed by atoms with Crippen LogP contribution >= 0.6 is 23.2 Å². The molecule has 0 saturated carbocycles. The maximum atomic E-state index is 6.08. The molecule has 1 heterocycles. The summed E-state index contributed by atoms with van der Waals surface area (Å²) in [5.41, 5.74) is 2.86. The van der Waals surface area contributed by atoms with Crippen LogP contribution in [0.25, 0.3) is 0 Å². The van der Waals surface area contributed by atoms with Crippen molar-refractivity contribution in [3.05, 3.63) is 28.8 Å². The molecule has 0 radical (unpaired) electrons. The van der Waals surface area contributed by atoms with Crippen LogP contribution in [0.5, 0.6) is 0 Å². The lowest BCUT2D eigenvalue weighted by atomic mass is 9.82. The van der Waals surface area contributed by atoms with Crippen molar-refractivity contribution in [2.24, 2.45) is 5.41 Å². The molecule has 1 aliphatic heterocycles. The molecule has 0 bridgehead atoms. The highest BCUT2D eigenvalue weighted by Crippen LogP contribution is 2.34. The molecule has 17 heavy (non-hydrogen) atoms. The zero-order valence-electron chi connectivity index (χ0n) is 10.5. The topological polar surface area (TPSA) is 3.24 Å². The normalized spacial score (nSPS) is 19.4. The van der Waals surface area contributed by atoms with Gasteiger partial charge in [0.25, 0.3) is 0 Å². The van der Waals surface area contributed by atoms with E-state index in [-0.39, 0.29) is 0 Å². The monoisotopic (exact) mass is 271 g/mol. The largest absolute Gasteiger partial charge is 0.371 e. The van der Waals surface area contributed by atoms with E-state index in [0.29, 0.717) is 11.3 Å². The molecule has 0 amide bonds. The van der Waals surface area contributed by atoms with Crippen LogP contribution in [0.3, 0.4) is 0 Å². The Morgan fingerprint density at radius 2 is 1.88 bits per heavy atom. The molecule has 1 aliphatic rings. The first-order valence-corrected chi connectivity index (χ1v) is 7.02. The quantitative estimate of drug-likeness (QED) is 0.705. The summed E-state index contributed by atoms with van der Waals surface area (Å²) in [6, 6.07) is 5.98. The van der Waals surface area contributed by atoms with Crippen LogP contribution in [-0.2, 0) is 5.88 Å². The van der Waals surface area contributed by atoms with E-state index in [2.05, 4.69) is 18.7 Å². The van der Waals surface area contributed by atoms with Crippen molar-refractivity contribution in [2.75, 3.05) is 18.0 Å². The Morgan fingerprint density at radius 1 is 1.24 bits per heavy atom. The number of nitrogens with zero attached hydrogens (tertiary/aromatic N) is 1. The van der Waals surface area contributed by atoms with Crippen LogP contribution in [0, 0.1) is 5.41 Å². The van der Waals surface area contributed by atoms with Crippen molar-refractivity contribution in [1.82, 2.24) is 0 Å². The van der Waals surface area contributed by atoms with E-state index in [1.54, 1.807) is 0 Å². The predicted octanol–water partition coefficient (Wildman–Crippen LogP) is 4.71. The third-order valence-corrected chi connectivity index (χ3v) is 4.17. The first kappa shape index (κ1) is 13.0. The third-order valence-electron chi connectivity index (χ3n) is 3.65. The molecule has 0 aliphatic carbocycles. The van der Waals surface area contributed by atoms with Gasteiger partial charge in [-0.3, -0.25) is 0 Å². The second kappa shape index (κ2) is 5.07. The highest BCUT2D eigenvalue weighted by Gasteiger charge is 2.26. The maximum Gasteiger partial charge on any atom is 0.0494 e. The number of alkyl halides is 1. The summed E-state index contributed by atoms with van der Waals surface area (Å²) in [5, 5.41) is 0.790. The Bertz CT molecular complexity index is 391. The summed E-state index contributed by atoms with van der Waals surface area (Å²) in [6.07, 6.45) is 2.45. The van der Waals surface area contributed by atoms with Gasteiger partial charge in [0.2, 0.25) is 0 Å². The molecule has 1 aromatic rings. The highest BCUT2D eigenvalue weighted by atomic mass is 35.5. The number of benzene rings is 1. The van der Waals surface area contributed by atoms with Crippen molar-refractivity contribution in [2.45, 2.75) is 32.6 Å². The van der Waals surface area contributed by atoms with Gasteiger partial charge in [-0.2, -0.15) is 0 Å². The highest BCUT2D eigenvalue weighted by molar-refractivity contribution is 6.31. The maximum absolute atomic E-state index is 6.08. The minimum Gasteiger partial charge on any atom is -0.371 e. The van der Waals surface area contributed by atoms with Gasteiger partial charge < -0.3 is 4.90 Å². The lowest BCUT2D eigenvalue weighted by molar-refractivity contribution is 0.279. The summed E-state index contributed by atoms with van der Waals surface area (Å²) in [5.74, 6) is 0.548. The molecule has 1 saturated heterocycles. The molecule has 1 aromatic carbocycles. The average molecular weight is 272 g/mol. The smallest absolute Gasteiger partial charge is 0.0494 e. The van der Waals surface area contributed by atoms with Gasteiger partial charge in [0, 0.05) is 29.7 Å². The number of hydrogen-bond acceptors (Lipinski definition) is 1. The molecule has 0 aromatic heterocycles. The fourth-order valence-electron chi connectivity index (χ4n) is 2.30. The molecule has 3 heteroatoms. The number of rotatable bonds is 2. The predicted molar refractivity (Wildman–Crippen MR) is 76.2 cm³/mol.